The lowest BCUT2D eigenvalue weighted by Gasteiger charge is -2.26. The van der Waals surface area contributed by atoms with E-state index in [-0.39, 0.29) is 11.4 Å². The molecular formula is C29H34FN3O4S. The van der Waals surface area contributed by atoms with Crippen molar-refractivity contribution in [2.75, 3.05) is 30.5 Å². The molecule has 1 aliphatic heterocycles. The van der Waals surface area contributed by atoms with Crippen LogP contribution in [-0.4, -0.2) is 45.5 Å². The molecule has 1 fully saturated rings. The summed E-state index contributed by atoms with van der Waals surface area (Å²) in [4.78, 5) is 15.3. The number of nitrogens with zero attached hydrogens (tertiary/aromatic N) is 2. The standard InChI is InChI=1S/C29H34FN3O4S/c1-2-37-27-14-12-26(13-15-27)33(38(35,36)28-16-10-25(30)11-17-28)22-29(34)31-20-23-6-8-24(9-7-23)21-32-18-4-3-5-19-32/h6-17H,2-5,18-22H2,1H3,(H,31,34). The van der Waals surface area contributed by atoms with Crippen molar-refractivity contribution in [3.05, 3.63) is 89.7 Å². The van der Waals surface area contributed by atoms with Gasteiger partial charge in [0.25, 0.3) is 10.0 Å². The zero-order chi connectivity index (χ0) is 27.0. The lowest BCUT2D eigenvalue weighted by molar-refractivity contribution is -0.119. The highest BCUT2D eigenvalue weighted by Gasteiger charge is 2.27. The van der Waals surface area contributed by atoms with Crippen LogP contribution >= 0.6 is 0 Å². The zero-order valence-electron chi connectivity index (χ0n) is 21.6. The molecule has 1 saturated heterocycles. The quantitative estimate of drug-likeness (QED) is 0.382. The van der Waals surface area contributed by atoms with Gasteiger partial charge in [-0.15, -0.1) is 0 Å². The van der Waals surface area contributed by atoms with E-state index in [4.69, 9.17) is 4.74 Å². The van der Waals surface area contributed by atoms with E-state index in [1.807, 2.05) is 19.1 Å². The lowest BCUT2D eigenvalue weighted by atomic mass is 10.1. The number of nitrogens with one attached hydrogen (secondary N) is 1. The molecule has 0 atom stereocenters. The first-order valence-electron chi connectivity index (χ1n) is 12.9. The monoisotopic (exact) mass is 539 g/mol. The lowest BCUT2D eigenvalue weighted by Crippen LogP contribution is -2.40. The number of benzene rings is 3. The molecule has 3 aromatic carbocycles. The minimum absolute atomic E-state index is 0.107. The van der Waals surface area contributed by atoms with Gasteiger partial charge in [0.15, 0.2) is 0 Å². The molecule has 0 radical (unpaired) electrons. The van der Waals surface area contributed by atoms with E-state index >= 15 is 0 Å². The Morgan fingerprint density at radius 3 is 2.18 bits per heavy atom. The number of hydrogen-bond donors (Lipinski definition) is 1. The van der Waals surface area contributed by atoms with Gasteiger partial charge < -0.3 is 10.1 Å². The average Bonchev–Trinajstić information content (AvgIpc) is 2.93. The summed E-state index contributed by atoms with van der Waals surface area (Å²) in [7, 11) is -4.13. The van der Waals surface area contributed by atoms with Gasteiger partial charge in [0, 0.05) is 13.1 Å². The highest BCUT2D eigenvalue weighted by molar-refractivity contribution is 7.92. The normalized spacial score (nSPS) is 14.2. The number of carbonyl (C=O) groups is 1. The fourth-order valence-electron chi connectivity index (χ4n) is 4.45. The van der Waals surface area contributed by atoms with E-state index in [1.165, 1.54) is 37.0 Å². The summed E-state index contributed by atoms with van der Waals surface area (Å²) in [6, 6.07) is 19.1. The molecule has 38 heavy (non-hydrogen) atoms. The summed E-state index contributed by atoms with van der Waals surface area (Å²) >= 11 is 0. The number of sulfonamides is 1. The predicted molar refractivity (Wildman–Crippen MR) is 146 cm³/mol. The van der Waals surface area contributed by atoms with Crippen LogP contribution in [0.4, 0.5) is 10.1 Å². The van der Waals surface area contributed by atoms with Gasteiger partial charge in [-0.25, -0.2) is 12.8 Å². The van der Waals surface area contributed by atoms with Crippen LogP contribution in [-0.2, 0) is 27.9 Å². The largest absolute Gasteiger partial charge is 0.494 e. The summed E-state index contributed by atoms with van der Waals surface area (Å²) < 4.78 is 46.8. The molecule has 4 rings (SSSR count). The van der Waals surface area contributed by atoms with E-state index < -0.39 is 28.3 Å². The first-order valence-corrected chi connectivity index (χ1v) is 14.4. The summed E-state index contributed by atoms with van der Waals surface area (Å²) in [5.41, 5.74) is 2.46. The number of amides is 1. The van der Waals surface area contributed by atoms with Gasteiger partial charge in [0.05, 0.1) is 17.2 Å². The molecule has 0 unspecified atom stereocenters. The molecule has 1 N–H and O–H groups in total. The molecule has 1 aliphatic rings. The molecule has 0 aliphatic carbocycles. The number of likely N-dealkylation sites (tertiary alicyclic amines) is 1. The Kier molecular flexibility index (Phi) is 9.36. The second-order valence-electron chi connectivity index (χ2n) is 9.32. The maximum Gasteiger partial charge on any atom is 0.264 e. The molecule has 202 valence electrons. The SMILES string of the molecule is CCOc1ccc(N(CC(=O)NCc2ccc(CN3CCCCC3)cc2)S(=O)(=O)c2ccc(F)cc2)cc1. The van der Waals surface area contributed by atoms with Gasteiger partial charge >= 0.3 is 0 Å². The van der Waals surface area contributed by atoms with E-state index in [2.05, 4.69) is 22.3 Å². The number of halogens is 1. The van der Waals surface area contributed by atoms with Crippen LogP contribution in [0.15, 0.2) is 77.7 Å². The molecule has 1 heterocycles. The van der Waals surface area contributed by atoms with Crippen molar-refractivity contribution >= 4 is 21.6 Å². The summed E-state index contributed by atoms with van der Waals surface area (Å²) in [6.07, 6.45) is 3.79. The molecule has 0 spiro atoms. The first-order chi connectivity index (χ1) is 18.3. The number of carbonyl (C=O) groups excluding carboxylic acids is 1. The number of ether oxygens (including phenoxy) is 1. The molecular weight excluding hydrogens is 505 g/mol. The second-order valence-corrected chi connectivity index (χ2v) is 11.2. The van der Waals surface area contributed by atoms with Gasteiger partial charge in [-0.05, 0) is 92.5 Å². The first kappa shape index (κ1) is 27.6. The van der Waals surface area contributed by atoms with Crippen molar-refractivity contribution < 1.29 is 22.3 Å². The maximum atomic E-state index is 13.5. The fourth-order valence-corrected chi connectivity index (χ4v) is 5.87. The van der Waals surface area contributed by atoms with Crippen molar-refractivity contribution in [1.82, 2.24) is 10.2 Å². The third-order valence-corrected chi connectivity index (χ3v) is 8.28. The molecule has 0 saturated carbocycles. The summed E-state index contributed by atoms with van der Waals surface area (Å²) in [5.74, 6) is -0.415. The Morgan fingerprint density at radius 1 is 0.921 bits per heavy atom. The van der Waals surface area contributed by atoms with Gasteiger partial charge in [-0.2, -0.15) is 0 Å². The number of hydrogen-bond acceptors (Lipinski definition) is 5. The van der Waals surface area contributed by atoms with Gasteiger partial charge in [-0.3, -0.25) is 14.0 Å². The van der Waals surface area contributed by atoms with Crippen LogP contribution in [0.25, 0.3) is 0 Å². The van der Waals surface area contributed by atoms with Crippen LogP contribution in [0.2, 0.25) is 0 Å². The molecule has 7 nitrogen and oxygen atoms in total. The van der Waals surface area contributed by atoms with E-state index in [0.29, 0.717) is 18.0 Å². The Balaban J connectivity index is 1.44. The van der Waals surface area contributed by atoms with E-state index in [9.17, 15) is 17.6 Å². The van der Waals surface area contributed by atoms with Crippen LogP contribution in [0.1, 0.15) is 37.3 Å². The van der Waals surface area contributed by atoms with E-state index in [1.54, 1.807) is 24.3 Å². The van der Waals surface area contributed by atoms with Crippen LogP contribution in [0.5, 0.6) is 5.75 Å². The van der Waals surface area contributed by atoms with Crippen LogP contribution in [0.3, 0.4) is 0 Å². The molecule has 0 aromatic heterocycles. The van der Waals surface area contributed by atoms with Crippen molar-refractivity contribution in [3.63, 3.8) is 0 Å². The molecule has 0 bridgehead atoms. The Bertz CT molecular complexity index is 1290. The Hall–Kier alpha value is -3.43. The van der Waals surface area contributed by atoms with Gasteiger partial charge in [0.1, 0.15) is 18.1 Å². The maximum absolute atomic E-state index is 13.5. The van der Waals surface area contributed by atoms with Crippen LogP contribution < -0.4 is 14.4 Å². The van der Waals surface area contributed by atoms with Gasteiger partial charge in [0.2, 0.25) is 5.91 Å². The van der Waals surface area contributed by atoms with Crippen molar-refractivity contribution in [3.8, 4) is 5.75 Å². The highest BCUT2D eigenvalue weighted by atomic mass is 32.2. The van der Waals surface area contributed by atoms with Crippen LogP contribution in [0, 0.1) is 5.82 Å². The molecule has 9 heteroatoms. The topological polar surface area (TPSA) is 79.0 Å². The van der Waals surface area contributed by atoms with Gasteiger partial charge in [-0.1, -0.05) is 30.7 Å². The third-order valence-electron chi connectivity index (χ3n) is 6.49. The van der Waals surface area contributed by atoms with Crippen molar-refractivity contribution in [1.29, 1.82) is 0 Å². The summed E-state index contributed by atoms with van der Waals surface area (Å²) in [5, 5.41) is 2.82. The Morgan fingerprint density at radius 2 is 1.55 bits per heavy atom. The second kappa shape index (κ2) is 12.9. The molecule has 1 amide bonds. The van der Waals surface area contributed by atoms with Crippen molar-refractivity contribution in [2.45, 2.75) is 44.2 Å². The molecule has 3 aromatic rings. The average molecular weight is 540 g/mol. The van der Waals surface area contributed by atoms with Crippen molar-refractivity contribution in [2.24, 2.45) is 0 Å². The summed E-state index contributed by atoms with van der Waals surface area (Å²) in [6.45, 7) is 5.35. The number of rotatable bonds is 11. The Labute approximate surface area is 224 Å². The number of anilines is 1. The number of piperidine rings is 1. The predicted octanol–water partition coefficient (Wildman–Crippen LogP) is 4.72. The zero-order valence-corrected chi connectivity index (χ0v) is 22.4. The highest BCUT2D eigenvalue weighted by Crippen LogP contribution is 2.26. The smallest absolute Gasteiger partial charge is 0.264 e. The fraction of sp³-hybridized carbons (Fsp3) is 0.345. The van der Waals surface area contributed by atoms with E-state index in [0.717, 1.165) is 41.6 Å². The minimum Gasteiger partial charge on any atom is -0.494 e. The minimum atomic E-state index is -4.13. The third kappa shape index (κ3) is 7.33.